The highest BCUT2D eigenvalue weighted by atomic mass is 16.5. The lowest BCUT2D eigenvalue weighted by atomic mass is 9.91. The lowest BCUT2D eigenvalue weighted by Gasteiger charge is -2.22. The van der Waals surface area contributed by atoms with Crippen LogP contribution in [0.4, 0.5) is 4.79 Å². The number of ether oxygens (including phenoxy) is 1. The topological polar surface area (TPSA) is 97.6 Å². The Hall–Kier alpha value is -3.68. The van der Waals surface area contributed by atoms with Crippen LogP contribution in [0.3, 0.4) is 0 Å². The van der Waals surface area contributed by atoms with Crippen molar-refractivity contribution < 1.29 is 18.8 Å². The Kier molecular flexibility index (Phi) is 4.54. The molecule has 8 nitrogen and oxygen atoms in total. The molecule has 1 N–H and O–H groups in total. The predicted molar refractivity (Wildman–Crippen MR) is 104 cm³/mol. The number of benzene rings is 2. The van der Waals surface area contributed by atoms with Crippen molar-refractivity contribution in [2.45, 2.75) is 25.9 Å². The van der Waals surface area contributed by atoms with Gasteiger partial charge in [0, 0.05) is 5.56 Å². The van der Waals surface area contributed by atoms with Crippen LogP contribution in [-0.4, -0.2) is 34.1 Å². The van der Waals surface area contributed by atoms with Crippen molar-refractivity contribution in [1.29, 1.82) is 0 Å². The van der Waals surface area contributed by atoms with E-state index in [1.165, 1.54) is 0 Å². The first-order chi connectivity index (χ1) is 13.9. The third-order valence-corrected chi connectivity index (χ3v) is 5.01. The molecular formula is C21H20N4O4. The third kappa shape index (κ3) is 3.33. The Balaban J connectivity index is 1.54. The van der Waals surface area contributed by atoms with Gasteiger partial charge in [-0.1, -0.05) is 35.0 Å². The molecule has 1 saturated heterocycles. The molecule has 0 spiro atoms. The lowest BCUT2D eigenvalue weighted by molar-refractivity contribution is -0.131. The van der Waals surface area contributed by atoms with Crippen LogP contribution in [0.15, 0.2) is 53.1 Å². The van der Waals surface area contributed by atoms with Gasteiger partial charge in [0.25, 0.3) is 5.91 Å². The molecule has 0 saturated carbocycles. The zero-order chi connectivity index (χ0) is 20.6. The number of carbonyl (C=O) groups excluding carboxylic acids is 2. The molecule has 148 valence electrons. The van der Waals surface area contributed by atoms with E-state index in [4.69, 9.17) is 9.26 Å². The molecule has 1 atom stereocenters. The van der Waals surface area contributed by atoms with Crippen LogP contribution in [-0.2, 0) is 16.9 Å². The summed E-state index contributed by atoms with van der Waals surface area (Å²) in [5, 5.41) is 6.71. The van der Waals surface area contributed by atoms with E-state index in [1.54, 1.807) is 38.3 Å². The summed E-state index contributed by atoms with van der Waals surface area (Å²) < 4.78 is 10.4. The smallest absolute Gasteiger partial charge is 0.325 e. The van der Waals surface area contributed by atoms with E-state index in [0.29, 0.717) is 17.1 Å². The number of imide groups is 1. The number of amides is 3. The molecule has 1 aromatic heterocycles. The fourth-order valence-corrected chi connectivity index (χ4v) is 3.23. The lowest BCUT2D eigenvalue weighted by Crippen LogP contribution is -2.40. The van der Waals surface area contributed by atoms with E-state index in [-0.39, 0.29) is 18.3 Å². The van der Waals surface area contributed by atoms with Crippen molar-refractivity contribution in [2.24, 2.45) is 0 Å². The molecule has 1 unspecified atom stereocenters. The highest BCUT2D eigenvalue weighted by Crippen LogP contribution is 2.30. The van der Waals surface area contributed by atoms with Crippen molar-refractivity contribution in [3.8, 4) is 17.1 Å². The maximum absolute atomic E-state index is 13.0. The Morgan fingerprint density at radius 3 is 2.45 bits per heavy atom. The summed E-state index contributed by atoms with van der Waals surface area (Å²) in [4.78, 5) is 30.9. The van der Waals surface area contributed by atoms with Gasteiger partial charge in [0.15, 0.2) is 0 Å². The summed E-state index contributed by atoms with van der Waals surface area (Å²) in [5.74, 6) is 0.895. The van der Waals surface area contributed by atoms with Gasteiger partial charge in [-0.3, -0.25) is 9.69 Å². The van der Waals surface area contributed by atoms with Gasteiger partial charge >= 0.3 is 6.03 Å². The molecule has 3 aromatic rings. The van der Waals surface area contributed by atoms with Gasteiger partial charge in [-0.05, 0) is 43.7 Å². The maximum Gasteiger partial charge on any atom is 0.325 e. The van der Waals surface area contributed by atoms with Gasteiger partial charge in [-0.2, -0.15) is 4.98 Å². The fraction of sp³-hybridized carbons (Fsp3) is 0.238. The summed E-state index contributed by atoms with van der Waals surface area (Å²) in [6.07, 6.45) is 0. The molecule has 1 aliphatic rings. The van der Waals surface area contributed by atoms with Gasteiger partial charge in [0.2, 0.25) is 11.7 Å². The summed E-state index contributed by atoms with van der Waals surface area (Å²) in [7, 11) is 1.59. The van der Waals surface area contributed by atoms with Crippen molar-refractivity contribution in [3.05, 3.63) is 65.5 Å². The predicted octanol–water partition coefficient (Wildman–Crippen LogP) is 3.02. The van der Waals surface area contributed by atoms with Crippen LogP contribution in [0.2, 0.25) is 0 Å². The van der Waals surface area contributed by atoms with Crippen molar-refractivity contribution >= 4 is 11.9 Å². The number of hydrogen-bond acceptors (Lipinski definition) is 6. The Labute approximate surface area is 167 Å². The fourth-order valence-electron chi connectivity index (χ4n) is 3.23. The van der Waals surface area contributed by atoms with Crippen molar-refractivity contribution in [3.63, 3.8) is 0 Å². The Morgan fingerprint density at radius 1 is 1.10 bits per heavy atom. The van der Waals surface area contributed by atoms with Gasteiger partial charge in [0.05, 0.1) is 7.11 Å². The molecule has 3 amide bonds. The molecular weight excluding hydrogens is 372 g/mol. The van der Waals surface area contributed by atoms with Gasteiger partial charge in [-0.25, -0.2) is 4.79 Å². The van der Waals surface area contributed by atoms with Crippen LogP contribution in [0.1, 0.15) is 23.9 Å². The first-order valence-corrected chi connectivity index (χ1v) is 9.09. The van der Waals surface area contributed by atoms with E-state index in [2.05, 4.69) is 15.5 Å². The summed E-state index contributed by atoms with van der Waals surface area (Å²) in [5.41, 5.74) is 1.39. The summed E-state index contributed by atoms with van der Waals surface area (Å²) in [6.45, 7) is 3.55. The first-order valence-electron chi connectivity index (χ1n) is 9.09. The Bertz CT molecular complexity index is 1060. The SMILES string of the molecule is COc1ccc(-c2noc(CN3C(=O)NC(C)(c4ccc(C)cc4)C3=O)n2)cc1. The van der Waals surface area contributed by atoms with Crippen LogP contribution in [0, 0.1) is 6.92 Å². The van der Waals surface area contributed by atoms with Gasteiger partial charge in [0.1, 0.15) is 17.8 Å². The van der Waals surface area contributed by atoms with Crippen LogP contribution in [0.5, 0.6) is 5.75 Å². The van der Waals surface area contributed by atoms with E-state index in [0.717, 1.165) is 16.0 Å². The molecule has 1 fully saturated rings. The Morgan fingerprint density at radius 2 is 1.79 bits per heavy atom. The highest BCUT2D eigenvalue weighted by Gasteiger charge is 2.49. The second-order valence-electron chi connectivity index (χ2n) is 7.05. The number of rotatable bonds is 5. The molecule has 29 heavy (non-hydrogen) atoms. The average molecular weight is 392 g/mol. The number of nitrogens with zero attached hydrogens (tertiary/aromatic N) is 3. The molecule has 2 aromatic carbocycles. The van der Waals surface area contributed by atoms with Gasteiger partial charge < -0.3 is 14.6 Å². The number of aryl methyl sites for hydroxylation is 1. The minimum absolute atomic E-state index is 0.102. The van der Waals surface area contributed by atoms with Crippen LogP contribution in [0.25, 0.3) is 11.4 Å². The molecule has 0 radical (unpaired) electrons. The van der Waals surface area contributed by atoms with E-state index < -0.39 is 11.6 Å². The normalized spacial score (nSPS) is 18.8. The monoisotopic (exact) mass is 392 g/mol. The average Bonchev–Trinajstić information content (AvgIpc) is 3.28. The van der Waals surface area contributed by atoms with E-state index in [9.17, 15) is 9.59 Å². The number of aromatic nitrogens is 2. The molecule has 2 heterocycles. The van der Waals surface area contributed by atoms with E-state index >= 15 is 0 Å². The highest BCUT2D eigenvalue weighted by molar-refractivity contribution is 6.07. The molecule has 0 aliphatic carbocycles. The first kappa shape index (κ1) is 18.7. The second kappa shape index (κ2) is 7.05. The zero-order valence-corrected chi connectivity index (χ0v) is 16.3. The molecule has 1 aliphatic heterocycles. The largest absolute Gasteiger partial charge is 0.497 e. The van der Waals surface area contributed by atoms with Crippen LogP contribution >= 0.6 is 0 Å². The number of hydrogen-bond donors (Lipinski definition) is 1. The second-order valence-corrected chi connectivity index (χ2v) is 7.05. The summed E-state index contributed by atoms with van der Waals surface area (Å²) in [6, 6.07) is 14.2. The molecule has 8 heteroatoms. The minimum Gasteiger partial charge on any atom is -0.497 e. The zero-order valence-electron chi connectivity index (χ0n) is 16.3. The quantitative estimate of drug-likeness (QED) is 0.671. The number of carbonyl (C=O) groups is 2. The van der Waals surface area contributed by atoms with Gasteiger partial charge in [-0.15, -0.1) is 0 Å². The van der Waals surface area contributed by atoms with Crippen LogP contribution < -0.4 is 10.1 Å². The summed E-state index contributed by atoms with van der Waals surface area (Å²) >= 11 is 0. The molecule has 4 rings (SSSR count). The number of nitrogens with one attached hydrogen (secondary N) is 1. The maximum atomic E-state index is 13.0. The number of methoxy groups -OCH3 is 1. The third-order valence-electron chi connectivity index (χ3n) is 5.01. The van der Waals surface area contributed by atoms with Crippen molar-refractivity contribution in [1.82, 2.24) is 20.4 Å². The van der Waals surface area contributed by atoms with E-state index in [1.807, 2.05) is 31.2 Å². The molecule has 0 bridgehead atoms. The number of urea groups is 1. The standard InChI is InChI=1S/C21H20N4O4/c1-13-4-8-15(9-5-13)21(2)19(26)25(20(27)23-21)12-17-22-18(24-29-17)14-6-10-16(28-3)11-7-14/h4-11H,12H2,1-3H3,(H,23,27). The minimum atomic E-state index is -1.14. The van der Waals surface area contributed by atoms with Crippen molar-refractivity contribution in [2.75, 3.05) is 7.11 Å².